The number of hydrogen-bond acceptors (Lipinski definition) is 1. The molecule has 88 valence electrons. The van der Waals surface area contributed by atoms with Gasteiger partial charge in [0.05, 0.1) is 5.69 Å². The maximum atomic E-state index is 13.2. The van der Waals surface area contributed by atoms with E-state index in [-0.39, 0.29) is 5.69 Å². The third-order valence-electron chi connectivity index (χ3n) is 1.67. The van der Waals surface area contributed by atoms with E-state index in [0.29, 0.717) is 0 Å². The van der Waals surface area contributed by atoms with Crippen LogP contribution in [0.4, 0.5) is 19.3 Å². The second kappa shape index (κ2) is 4.47. The fourth-order valence-electron chi connectivity index (χ4n) is 1.09. The van der Waals surface area contributed by atoms with Crippen LogP contribution in [0, 0.1) is 11.6 Å². The Morgan fingerprint density at radius 2 is 1.88 bits per heavy atom. The number of hydrogen-bond donors (Lipinski definition) is 2. The minimum atomic E-state index is -0.676. The predicted octanol–water partition coefficient (Wildman–Crippen LogP) is 2.88. The Labute approximate surface area is 92.8 Å². The quantitative estimate of drug-likeness (QED) is 0.762. The molecule has 2 amide bonds. The summed E-state index contributed by atoms with van der Waals surface area (Å²) in [6.45, 7) is 5.36. The normalized spacial score (nSPS) is 11.1. The summed E-state index contributed by atoms with van der Waals surface area (Å²) < 4.78 is 26.0. The number of rotatable bonds is 1. The molecule has 0 bridgehead atoms. The number of benzene rings is 1. The SMILES string of the molecule is CC(C)(C)NC(=O)Nc1cc(F)ccc1F. The Bertz CT molecular complexity index is 399. The monoisotopic (exact) mass is 228 g/mol. The van der Waals surface area contributed by atoms with Crippen LogP contribution in [0.15, 0.2) is 18.2 Å². The summed E-state index contributed by atoms with van der Waals surface area (Å²) in [5.74, 6) is -1.28. The molecular formula is C11H14F2N2O. The van der Waals surface area contributed by atoms with Gasteiger partial charge in [0.15, 0.2) is 0 Å². The van der Waals surface area contributed by atoms with Crippen molar-refractivity contribution in [2.75, 3.05) is 5.32 Å². The molecule has 16 heavy (non-hydrogen) atoms. The number of amides is 2. The average Bonchev–Trinajstić information content (AvgIpc) is 2.08. The van der Waals surface area contributed by atoms with Crippen molar-refractivity contribution in [2.24, 2.45) is 0 Å². The van der Waals surface area contributed by atoms with Crippen molar-refractivity contribution in [3.8, 4) is 0 Å². The highest BCUT2D eigenvalue weighted by Gasteiger charge is 2.15. The third kappa shape index (κ3) is 3.84. The van der Waals surface area contributed by atoms with Gasteiger partial charge in [0.1, 0.15) is 11.6 Å². The molecule has 0 fully saturated rings. The molecule has 1 rings (SSSR count). The Balaban J connectivity index is 2.73. The smallest absolute Gasteiger partial charge is 0.319 e. The minimum absolute atomic E-state index is 0.179. The highest BCUT2D eigenvalue weighted by atomic mass is 19.1. The van der Waals surface area contributed by atoms with Crippen LogP contribution in [0.1, 0.15) is 20.8 Å². The Morgan fingerprint density at radius 3 is 2.44 bits per heavy atom. The van der Waals surface area contributed by atoms with Gasteiger partial charge < -0.3 is 10.6 Å². The first-order valence-electron chi connectivity index (χ1n) is 4.82. The van der Waals surface area contributed by atoms with Gasteiger partial charge >= 0.3 is 6.03 Å². The number of urea groups is 1. The van der Waals surface area contributed by atoms with Crippen molar-refractivity contribution in [3.05, 3.63) is 29.8 Å². The van der Waals surface area contributed by atoms with Crippen LogP contribution < -0.4 is 10.6 Å². The lowest BCUT2D eigenvalue weighted by Gasteiger charge is -2.20. The van der Waals surface area contributed by atoms with Crippen LogP contribution in [0.5, 0.6) is 0 Å². The first kappa shape index (κ1) is 12.4. The molecule has 0 saturated heterocycles. The first-order valence-corrected chi connectivity index (χ1v) is 4.82. The molecule has 0 atom stereocenters. The molecule has 0 aliphatic heterocycles. The third-order valence-corrected chi connectivity index (χ3v) is 1.67. The first-order chi connectivity index (χ1) is 7.28. The molecule has 1 aromatic rings. The Morgan fingerprint density at radius 1 is 1.25 bits per heavy atom. The van der Waals surface area contributed by atoms with Gasteiger partial charge in [-0.3, -0.25) is 0 Å². The summed E-state index contributed by atoms with van der Waals surface area (Å²) in [4.78, 5) is 11.4. The van der Waals surface area contributed by atoms with E-state index in [9.17, 15) is 13.6 Å². The van der Waals surface area contributed by atoms with Crippen molar-refractivity contribution >= 4 is 11.7 Å². The lowest BCUT2D eigenvalue weighted by atomic mass is 10.1. The summed E-state index contributed by atoms with van der Waals surface area (Å²) in [5, 5.41) is 4.82. The van der Waals surface area contributed by atoms with Crippen LogP contribution in [0.3, 0.4) is 0 Å². The highest BCUT2D eigenvalue weighted by Crippen LogP contribution is 2.15. The van der Waals surface area contributed by atoms with Crippen molar-refractivity contribution < 1.29 is 13.6 Å². The lowest BCUT2D eigenvalue weighted by molar-refractivity contribution is 0.243. The molecular weight excluding hydrogens is 214 g/mol. The van der Waals surface area contributed by atoms with Crippen molar-refractivity contribution in [1.82, 2.24) is 5.32 Å². The van der Waals surface area contributed by atoms with E-state index in [1.54, 1.807) is 20.8 Å². The Kier molecular flexibility index (Phi) is 3.47. The molecule has 0 aliphatic rings. The molecule has 0 saturated carbocycles. The topological polar surface area (TPSA) is 41.1 Å². The van der Waals surface area contributed by atoms with Crippen LogP contribution in [0.2, 0.25) is 0 Å². The number of halogens is 2. The van der Waals surface area contributed by atoms with Crippen LogP contribution >= 0.6 is 0 Å². The number of carbonyl (C=O) groups is 1. The fraction of sp³-hybridized carbons (Fsp3) is 0.364. The van der Waals surface area contributed by atoms with Crippen LogP contribution in [-0.2, 0) is 0 Å². The van der Waals surface area contributed by atoms with E-state index in [1.165, 1.54) is 0 Å². The summed E-state index contributed by atoms with van der Waals surface area (Å²) in [7, 11) is 0. The predicted molar refractivity (Wildman–Crippen MR) is 58.3 cm³/mol. The van der Waals surface area contributed by atoms with Gasteiger partial charge in [0.2, 0.25) is 0 Å². The van der Waals surface area contributed by atoms with Gasteiger partial charge in [-0.2, -0.15) is 0 Å². The number of nitrogens with one attached hydrogen (secondary N) is 2. The summed E-state index contributed by atoms with van der Waals surface area (Å²) >= 11 is 0. The van der Waals surface area contributed by atoms with E-state index in [2.05, 4.69) is 10.6 Å². The van der Waals surface area contributed by atoms with Gasteiger partial charge in [0, 0.05) is 11.6 Å². The molecule has 0 heterocycles. The number of carbonyl (C=O) groups excluding carboxylic acids is 1. The molecule has 0 radical (unpaired) electrons. The largest absolute Gasteiger partial charge is 0.333 e. The fourth-order valence-corrected chi connectivity index (χ4v) is 1.09. The van der Waals surface area contributed by atoms with E-state index >= 15 is 0 Å². The second-order valence-corrected chi connectivity index (χ2v) is 4.45. The van der Waals surface area contributed by atoms with Crippen LogP contribution in [0.25, 0.3) is 0 Å². The van der Waals surface area contributed by atoms with Gasteiger partial charge in [-0.15, -0.1) is 0 Å². The zero-order chi connectivity index (χ0) is 12.3. The summed E-state index contributed by atoms with van der Waals surface area (Å²) in [6.07, 6.45) is 0. The van der Waals surface area contributed by atoms with Gasteiger partial charge in [0.25, 0.3) is 0 Å². The van der Waals surface area contributed by atoms with Gasteiger partial charge in [-0.25, -0.2) is 13.6 Å². The molecule has 3 nitrogen and oxygen atoms in total. The maximum absolute atomic E-state index is 13.2. The van der Waals surface area contributed by atoms with E-state index < -0.39 is 23.2 Å². The molecule has 5 heteroatoms. The zero-order valence-corrected chi connectivity index (χ0v) is 9.40. The average molecular weight is 228 g/mol. The molecule has 2 N–H and O–H groups in total. The van der Waals surface area contributed by atoms with Crippen LogP contribution in [-0.4, -0.2) is 11.6 Å². The van der Waals surface area contributed by atoms with E-state index in [0.717, 1.165) is 18.2 Å². The zero-order valence-electron chi connectivity index (χ0n) is 9.40. The minimum Gasteiger partial charge on any atom is -0.333 e. The highest BCUT2D eigenvalue weighted by molar-refractivity contribution is 5.89. The second-order valence-electron chi connectivity index (χ2n) is 4.45. The standard InChI is InChI=1S/C11H14F2N2O/c1-11(2,3)15-10(16)14-9-6-7(12)4-5-8(9)13/h4-6H,1-3H3,(H2,14,15,16). The maximum Gasteiger partial charge on any atom is 0.319 e. The van der Waals surface area contributed by atoms with E-state index in [1.807, 2.05) is 0 Å². The molecule has 0 unspecified atom stereocenters. The van der Waals surface area contributed by atoms with Gasteiger partial charge in [-0.05, 0) is 32.9 Å². The molecule has 0 aromatic heterocycles. The molecule has 0 spiro atoms. The van der Waals surface area contributed by atoms with Gasteiger partial charge in [-0.1, -0.05) is 0 Å². The van der Waals surface area contributed by atoms with Crippen molar-refractivity contribution in [1.29, 1.82) is 0 Å². The summed E-state index contributed by atoms with van der Waals surface area (Å²) in [5.41, 5.74) is -0.616. The lowest BCUT2D eigenvalue weighted by Crippen LogP contribution is -2.43. The molecule has 0 aliphatic carbocycles. The van der Waals surface area contributed by atoms with E-state index in [4.69, 9.17) is 0 Å². The molecule has 1 aromatic carbocycles. The van der Waals surface area contributed by atoms with Crippen molar-refractivity contribution in [2.45, 2.75) is 26.3 Å². The van der Waals surface area contributed by atoms with Crippen molar-refractivity contribution in [3.63, 3.8) is 0 Å². The number of anilines is 1. The summed E-state index contributed by atoms with van der Waals surface area (Å²) in [6, 6.07) is 2.30. The Hall–Kier alpha value is -1.65.